The molecule has 0 aliphatic heterocycles. The SMILES string of the molecule is CCOC(=O)C(COC(=O)Cc1ccc(NC(=O)c2cc(C(F)(F)F)cc(C)c2-c2ccccc2)c(C(=O)N(C)C)c1)(C(=O)OCC)c1ccccc1. The smallest absolute Gasteiger partial charge is 0.416 e. The number of hydrogen-bond acceptors (Lipinski definition) is 8. The van der Waals surface area contributed by atoms with Gasteiger partial charge in [0.05, 0.1) is 36.4 Å². The minimum absolute atomic E-state index is 0.0207. The van der Waals surface area contributed by atoms with Crippen LogP contribution in [0.4, 0.5) is 18.9 Å². The Bertz CT molecular complexity index is 1960. The highest BCUT2D eigenvalue weighted by Gasteiger charge is 2.52. The summed E-state index contributed by atoms with van der Waals surface area (Å²) in [6, 6.07) is 22.2. The van der Waals surface area contributed by atoms with Gasteiger partial charge in [0.15, 0.2) is 0 Å². The summed E-state index contributed by atoms with van der Waals surface area (Å²) >= 11 is 0. The number of esters is 3. The molecule has 0 bridgehead atoms. The van der Waals surface area contributed by atoms with Crippen molar-refractivity contribution in [3.8, 4) is 11.1 Å². The molecule has 0 aromatic heterocycles. The van der Waals surface area contributed by atoms with Crippen LogP contribution in [0.2, 0.25) is 0 Å². The molecule has 4 aromatic rings. The Kier molecular flexibility index (Phi) is 12.8. The van der Waals surface area contributed by atoms with Gasteiger partial charge in [-0.05, 0) is 72.9 Å². The number of ether oxygens (including phenoxy) is 3. The number of carbonyl (C=O) groups is 5. The predicted molar refractivity (Wildman–Crippen MR) is 190 cm³/mol. The van der Waals surface area contributed by atoms with Crippen LogP contribution in [0.15, 0.2) is 91.0 Å². The predicted octanol–water partition coefficient (Wildman–Crippen LogP) is 6.78. The fourth-order valence-corrected chi connectivity index (χ4v) is 5.69. The summed E-state index contributed by atoms with van der Waals surface area (Å²) in [6.45, 7) is 3.73. The van der Waals surface area contributed by atoms with Crippen LogP contribution in [0.1, 0.15) is 56.8 Å². The number of anilines is 1. The molecular formula is C40H39F3N2O8. The molecule has 278 valence electrons. The Balaban J connectivity index is 1.67. The molecule has 1 N–H and O–H groups in total. The first-order chi connectivity index (χ1) is 25.1. The topological polar surface area (TPSA) is 128 Å². The first-order valence-electron chi connectivity index (χ1n) is 16.6. The average molecular weight is 733 g/mol. The Morgan fingerprint density at radius 1 is 0.717 bits per heavy atom. The monoisotopic (exact) mass is 732 g/mol. The van der Waals surface area contributed by atoms with E-state index in [1.54, 1.807) is 62.4 Å². The first-order valence-corrected chi connectivity index (χ1v) is 16.6. The minimum atomic E-state index is -4.73. The molecule has 0 atom stereocenters. The average Bonchev–Trinajstić information content (AvgIpc) is 3.12. The maximum Gasteiger partial charge on any atom is 0.416 e. The van der Waals surface area contributed by atoms with Gasteiger partial charge < -0.3 is 24.4 Å². The van der Waals surface area contributed by atoms with Crippen LogP contribution in [0.25, 0.3) is 11.1 Å². The number of benzene rings is 4. The summed E-state index contributed by atoms with van der Waals surface area (Å²) in [5.41, 5.74) is -2.00. The molecule has 0 heterocycles. The third-order valence-electron chi connectivity index (χ3n) is 8.25. The Hall–Kier alpha value is -5.98. The van der Waals surface area contributed by atoms with Gasteiger partial charge in [-0.1, -0.05) is 66.7 Å². The molecule has 0 aliphatic carbocycles. The Morgan fingerprint density at radius 3 is 1.85 bits per heavy atom. The summed E-state index contributed by atoms with van der Waals surface area (Å²) in [6.07, 6.45) is -5.16. The number of carbonyl (C=O) groups excluding carboxylic acids is 5. The van der Waals surface area contributed by atoms with E-state index in [1.807, 2.05) is 0 Å². The van der Waals surface area contributed by atoms with Crippen LogP contribution >= 0.6 is 0 Å². The largest absolute Gasteiger partial charge is 0.465 e. The molecule has 0 aliphatic rings. The highest BCUT2D eigenvalue weighted by atomic mass is 19.4. The molecule has 0 saturated heterocycles. The molecule has 0 spiro atoms. The lowest BCUT2D eigenvalue weighted by molar-refractivity contribution is -0.170. The van der Waals surface area contributed by atoms with Crippen molar-refractivity contribution in [3.05, 3.63) is 124 Å². The van der Waals surface area contributed by atoms with Gasteiger partial charge in [-0.15, -0.1) is 0 Å². The molecular weight excluding hydrogens is 693 g/mol. The van der Waals surface area contributed by atoms with Gasteiger partial charge in [-0.3, -0.25) is 24.0 Å². The van der Waals surface area contributed by atoms with E-state index in [1.165, 1.54) is 56.3 Å². The van der Waals surface area contributed by atoms with Crippen molar-refractivity contribution in [1.29, 1.82) is 0 Å². The second-order valence-electron chi connectivity index (χ2n) is 12.2. The standard InChI is InChI=1S/C40H39F3N2O8/c1-6-51-37(49)39(38(50)52-7-2,28-16-12-9-13-17-28)24-53-33(46)22-26-18-19-32(30(21-26)36(48)45(4)5)44-35(47)31-23-29(40(41,42)43)20-25(3)34(31)27-14-10-8-11-15-27/h8-21,23H,6-7,22,24H2,1-5H3,(H,44,47). The zero-order chi connectivity index (χ0) is 38.9. The molecule has 0 unspecified atom stereocenters. The highest BCUT2D eigenvalue weighted by Crippen LogP contribution is 2.37. The fraction of sp³-hybridized carbons (Fsp3) is 0.275. The van der Waals surface area contributed by atoms with Gasteiger partial charge in [-0.25, -0.2) is 0 Å². The van der Waals surface area contributed by atoms with Crippen molar-refractivity contribution in [2.45, 2.75) is 38.8 Å². The van der Waals surface area contributed by atoms with E-state index >= 15 is 0 Å². The quantitative estimate of drug-likeness (QED) is 0.0905. The van der Waals surface area contributed by atoms with Crippen LogP contribution in [0.3, 0.4) is 0 Å². The maximum atomic E-state index is 13.9. The van der Waals surface area contributed by atoms with Crippen molar-refractivity contribution in [2.75, 3.05) is 39.2 Å². The summed E-state index contributed by atoms with van der Waals surface area (Å²) in [7, 11) is 2.93. The van der Waals surface area contributed by atoms with Crippen LogP contribution < -0.4 is 5.32 Å². The lowest BCUT2D eigenvalue weighted by Gasteiger charge is -2.29. The number of aryl methyl sites for hydroxylation is 1. The molecule has 13 heteroatoms. The van der Waals surface area contributed by atoms with Crippen molar-refractivity contribution in [3.63, 3.8) is 0 Å². The van der Waals surface area contributed by atoms with Crippen molar-refractivity contribution in [2.24, 2.45) is 0 Å². The number of rotatable bonds is 13. The van der Waals surface area contributed by atoms with Gasteiger partial charge in [-0.2, -0.15) is 13.2 Å². The molecule has 4 rings (SSSR count). The summed E-state index contributed by atoms with van der Waals surface area (Å²) in [4.78, 5) is 68.2. The van der Waals surface area contributed by atoms with E-state index in [0.29, 0.717) is 5.56 Å². The zero-order valence-electron chi connectivity index (χ0n) is 29.8. The third kappa shape index (κ3) is 9.09. The summed E-state index contributed by atoms with van der Waals surface area (Å²) < 4.78 is 57.6. The van der Waals surface area contributed by atoms with E-state index in [9.17, 15) is 37.1 Å². The van der Waals surface area contributed by atoms with Gasteiger partial charge in [0, 0.05) is 19.7 Å². The highest BCUT2D eigenvalue weighted by molar-refractivity contribution is 6.12. The molecule has 0 saturated carbocycles. The molecule has 2 amide bonds. The fourth-order valence-electron chi connectivity index (χ4n) is 5.69. The number of hydrogen-bond donors (Lipinski definition) is 1. The number of nitrogens with zero attached hydrogens (tertiary/aromatic N) is 1. The van der Waals surface area contributed by atoms with Crippen molar-refractivity contribution >= 4 is 35.4 Å². The minimum Gasteiger partial charge on any atom is -0.465 e. The van der Waals surface area contributed by atoms with E-state index < -0.39 is 59.9 Å². The Labute approximate surface area is 304 Å². The maximum absolute atomic E-state index is 13.9. The van der Waals surface area contributed by atoms with E-state index in [-0.39, 0.29) is 52.3 Å². The number of alkyl halides is 3. The van der Waals surface area contributed by atoms with E-state index in [4.69, 9.17) is 14.2 Å². The van der Waals surface area contributed by atoms with Gasteiger partial charge in [0.25, 0.3) is 11.8 Å². The third-order valence-corrected chi connectivity index (χ3v) is 8.25. The number of nitrogens with one attached hydrogen (secondary N) is 1. The second kappa shape index (κ2) is 17.0. The number of halogens is 3. The summed E-state index contributed by atoms with van der Waals surface area (Å²) in [5, 5.41) is 2.60. The van der Waals surface area contributed by atoms with Crippen LogP contribution in [0, 0.1) is 6.92 Å². The summed E-state index contributed by atoms with van der Waals surface area (Å²) in [5.74, 6) is -4.28. The lowest BCUT2D eigenvalue weighted by Crippen LogP contribution is -2.50. The van der Waals surface area contributed by atoms with Crippen molar-refractivity contribution in [1.82, 2.24) is 4.90 Å². The van der Waals surface area contributed by atoms with Gasteiger partial charge in [0.2, 0.25) is 5.41 Å². The molecule has 0 radical (unpaired) electrons. The normalized spacial score (nSPS) is 11.3. The van der Waals surface area contributed by atoms with Crippen LogP contribution in [-0.2, 0) is 46.6 Å². The molecule has 10 nitrogen and oxygen atoms in total. The van der Waals surface area contributed by atoms with Gasteiger partial charge in [0.1, 0.15) is 6.61 Å². The van der Waals surface area contributed by atoms with Gasteiger partial charge >= 0.3 is 24.1 Å². The van der Waals surface area contributed by atoms with Crippen LogP contribution in [0.5, 0.6) is 0 Å². The molecule has 4 aromatic carbocycles. The molecule has 0 fully saturated rings. The zero-order valence-corrected chi connectivity index (χ0v) is 29.8. The van der Waals surface area contributed by atoms with Crippen molar-refractivity contribution < 1.29 is 51.4 Å². The molecule has 53 heavy (non-hydrogen) atoms. The number of amides is 2. The lowest BCUT2D eigenvalue weighted by atomic mass is 9.81. The van der Waals surface area contributed by atoms with E-state index in [2.05, 4.69) is 5.32 Å². The first kappa shape index (κ1) is 39.8. The Morgan fingerprint density at radius 2 is 1.30 bits per heavy atom. The second-order valence-corrected chi connectivity index (χ2v) is 12.2. The van der Waals surface area contributed by atoms with E-state index in [0.717, 1.165) is 12.1 Å². The van der Waals surface area contributed by atoms with Crippen LogP contribution in [-0.4, -0.2) is 68.5 Å².